The first-order valence-electron chi connectivity index (χ1n) is 7.52. The van der Waals surface area contributed by atoms with Crippen molar-refractivity contribution in [3.8, 4) is 0 Å². The summed E-state index contributed by atoms with van der Waals surface area (Å²) >= 11 is 0. The Balaban J connectivity index is 3.05. The molecule has 1 aromatic carbocycles. The van der Waals surface area contributed by atoms with E-state index >= 15 is 0 Å². The zero-order valence-electron chi connectivity index (χ0n) is 13.0. The van der Waals surface area contributed by atoms with E-state index in [1.807, 2.05) is 18.7 Å². The lowest BCUT2D eigenvalue weighted by molar-refractivity contribution is 0.150. The summed E-state index contributed by atoms with van der Waals surface area (Å²) in [6, 6.07) is 1.22. The van der Waals surface area contributed by atoms with E-state index in [0.29, 0.717) is 6.07 Å². The predicted octanol–water partition coefficient (Wildman–Crippen LogP) is 4.00. The third-order valence-electron chi connectivity index (χ3n) is 3.71. The number of rotatable bonds is 8. The number of halogens is 3. The van der Waals surface area contributed by atoms with Crippen molar-refractivity contribution in [1.29, 1.82) is 0 Å². The van der Waals surface area contributed by atoms with Crippen molar-refractivity contribution in [1.82, 2.24) is 4.90 Å². The second-order valence-corrected chi connectivity index (χ2v) is 5.58. The van der Waals surface area contributed by atoms with Gasteiger partial charge in [-0.3, -0.25) is 4.90 Å². The Morgan fingerprint density at radius 1 is 1.05 bits per heavy atom. The van der Waals surface area contributed by atoms with Crippen LogP contribution in [-0.2, 0) is 0 Å². The first kappa shape index (κ1) is 18.0. The molecule has 0 saturated carbocycles. The lowest BCUT2D eigenvalue weighted by atomic mass is 10.0. The van der Waals surface area contributed by atoms with Gasteiger partial charge in [0.15, 0.2) is 11.6 Å². The summed E-state index contributed by atoms with van der Waals surface area (Å²) in [5, 5.41) is 0. The predicted molar refractivity (Wildman–Crippen MR) is 79.5 cm³/mol. The molecule has 0 heterocycles. The molecule has 0 aliphatic heterocycles. The molecule has 0 saturated heterocycles. The van der Waals surface area contributed by atoms with Gasteiger partial charge in [0, 0.05) is 24.2 Å². The van der Waals surface area contributed by atoms with Crippen LogP contribution in [0.4, 0.5) is 13.2 Å². The Bertz CT molecular complexity index is 449. The van der Waals surface area contributed by atoms with Crippen LogP contribution in [0.1, 0.15) is 51.6 Å². The summed E-state index contributed by atoms with van der Waals surface area (Å²) in [5.41, 5.74) is 5.91. The molecule has 1 unspecified atom stereocenters. The molecule has 0 aliphatic rings. The summed E-state index contributed by atoms with van der Waals surface area (Å²) in [5.74, 6) is -2.96. The summed E-state index contributed by atoms with van der Waals surface area (Å²) in [4.78, 5) is 2.05. The number of benzene rings is 1. The number of unbranched alkanes of at least 4 members (excludes halogenated alkanes) is 2. The van der Waals surface area contributed by atoms with Gasteiger partial charge in [-0.05, 0) is 32.9 Å². The second-order valence-electron chi connectivity index (χ2n) is 5.58. The fraction of sp³-hybridized carbons (Fsp3) is 0.625. The van der Waals surface area contributed by atoms with Crippen molar-refractivity contribution in [2.75, 3.05) is 13.1 Å². The molecule has 120 valence electrons. The van der Waals surface area contributed by atoms with E-state index in [1.165, 1.54) is 0 Å². The second kappa shape index (κ2) is 8.39. The number of nitrogens with two attached hydrogens (primary N) is 1. The molecule has 1 rings (SSSR count). The van der Waals surface area contributed by atoms with Crippen LogP contribution in [0.3, 0.4) is 0 Å². The molecule has 0 aliphatic carbocycles. The molecule has 0 amide bonds. The van der Waals surface area contributed by atoms with Gasteiger partial charge in [-0.25, -0.2) is 13.2 Å². The first-order chi connectivity index (χ1) is 9.92. The zero-order chi connectivity index (χ0) is 16.0. The fourth-order valence-electron chi connectivity index (χ4n) is 2.55. The normalized spacial score (nSPS) is 13.2. The van der Waals surface area contributed by atoms with Gasteiger partial charge in [0.1, 0.15) is 5.82 Å². The maximum atomic E-state index is 14.0. The van der Waals surface area contributed by atoms with Gasteiger partial charge in [-0.2, -0.15) is 0 Å². The van der Waals surface area contributed by atoms with Crippen LogP contribution in [0, 0.1) is 17.5 Å². The standard InChI is InChI=1S/C16H25F3N2/c1-4-5-6-7-21(11(2)3)16(10-20)12-8-14(18)15(19)9-13(12)17/h8-9,11,16H,4-7,10,20H2,1-3H3. The van der Waals surface area contributed by atoms with Gasteiger partial charge >= 0.3 is 0 Å². The minimum Gasteiger partial charge on any atom is -0.329 e. The first-order valence-corrected chi connectivity index (χ1v) is 7.52. The smallest absolute Gasteiger partial charge is 0.161 e. The fourth-order valence-corrected chi connectivity index (χ4v) is 2.55. The van der Waals surface area contributed by atoms with Gasteiger partial charge in [-0.1, -0.05) is 19.8 Å². The zero-order valence-corrected chi connectivity index (χ0v) is 13.0. The van der Waals surface area contributed by atoms with Crippen LogP contribution >= 0.6 is 0 Å². The topological polar surface area (TPSA) is 29.3 Å². The molecule has 0 aromatic heterocycles. The van der Waals surface area contributed by atoms with Gasteiger partial charge in [-0.15, -0.1) is 0 Å². The van der Waals surface area contributed by atoms with Crippen LogP contribution < -0.4 is 5.73 Å². The van der Waals surface area contributed by atoms with Gasteiger partial charge in [0.2, 0.25) is 0 Å². The highest BCUT2D eigenvalue weighted by Crippen LogP contribution is 2.27. The molecule has 5 heteroatoms. The quantitative estimate of drug-likeness (QED) is 0.581. The summed E-state index contributed by atoms with van der Waals surface area (Å²) in [7, 11) is 0. The van der Waals surface area contributed by atoms with Gasteiger partial charge in [0.25, 0.3) is 0 Å². The molecule has 0 fully saturated rings. The van der Waals surface area contributed by atoms with Crippen molar-refractivity contribution in [3.63, 3.8) is 0 Å². The van der Waals surface area contributed by atoms with Crippen molar-refractivity contribution < 1.29 is 13.2 Å². The van der Waals surface area contributed by atoms with Crippen molar-refractivity contribution in [2.24, 2.45) is 5.73 Å². The lowest BCUT2D eigenvalue weighted by Crippen LogP contribution is -2.39. The maximum Gasteiger partial charge on any atom is 0.161 e. The van der Waals surface area contributed by atoms with E-state index in [0.717, 1.165) is 31.9 Å². The lowest BCUT2D eigenvalue weighted by Gasteiger charge is -2.35. The van der Waals surface area contributed by atoms with Gasteiger partial charge in [0.05, 0.1) is 6.04 Å². The highest BCUT2D eigenvalue weighted by Gasteiger charge is 2.25. The maximum absolute atomic E-state index is 14.0. The largest absolute Gasteiger partial charge is 0.329 e. The Kier molecular flexibility index (Phi) is 7.18. The third-order valence-corrected chi connectivity index (χ3v) is 3.71. The molecular formula is C16H25F3N2. The minimum absolute atomic E-state index is 0.126. The number of nitrogens with zero attached hydrogens (tertiary/aromatic N) is 1. The Hall–Kier alpha value is -1.07. The molecule has 0 bridgehead atoms. The Labute approximate surface area is 125 Å². The molecule has 1 atom stereocenters. The third kappa shape index (κ3) is 4.71. The molecular weight excluding hydrogens is 277 g/mol. The molecule has 21 heavy (non-hydrogen) atoms. The van der Waals surface area contributed by atoms with E-state index < -0.39 is 23.5 Å². The monoisotopic (exact) mass is 302 g/mol. The average molecular weight is 302 g/mol. The van der Waals surface area contributed by atoms with Crippen molar-refractivity contribution >= 4 is 0 Å². The number of hydrogen-bond acceptors (Lipinski definition) is 2. The van der Waals surface area contributed by atoms with Crippen LogP contribution in [-0.4, -0.2) is 24.0 Å². The minimum atomic E-state index is -1.17. The average Bonchev–Trinajstić information content (AvgIpc) is 2.43. The van der Waals surface area contributed by atoms with E-state index in [2.05, 4.69) is 6.92 Å². The van der Waals surface area contributed by atoms with E-state index in [1.54, 1.807) is 0 Å². The van der Waals surface area contributed by atoms with Crippen LogP contribution in [0.25, 0.3) is 0 Å². The summed E-state index contributed by atoms with van der Waals surface area (Å²) in [6.07, 6.45) is 3.12. The number of hydrogen-bond donors (Lipinski definition) is 1. The van der Waals surface area contributed by atoms with Crippen LogP contribution in [0.5, 0.6) is 0 Å². The highest BCUT2D eigenvalue weighted by atomic mass is 19.2. The van der Waals surface area contributed by atoms with Crippen LogP contribution in [0.15, 0.2) is 12.1 Å². The molecule has 0 radical (unpaired) electrons. The van der Waals surface area contributed by atoms with Crippen molar-refractivity contribution in [2.45, 2.75) is 52.1 Å². The molecule has 1 aromatic rings. The van der Waals surface area contributed by atoms with E-state index in [9.17, 15) is 13.2 Å². The molecule has 2 nitrogen and oxygen atoms in total. The molecule has 0 spiro atoms. The Morgan fingerprint density at radius 2 is 1.67 bits per heavy atom. The molecule has 2 N–H and O–H groups in total. The SMILES string of the molecule is CCCCCN(C(C)C)C(CN)c1cc(F)c(F)cc1F. The van der Waals surface area contributed by atoms with E-state index in [-0.39, 0.29) is 18.2 Å². The van der Waals surface area contributed by atoms with Crippen LogP contribution in [0.2, 0.25) is 0 Å². The highest BCUT2D eigenvalue weighted by molar-refractivity contribution is 5.24. The summed E-state index contributed by atoms with van der Waals surface area (Å²) in [6.45, 7) is 7.01. The Morgan fingerprint density at radius 3 is 2.19 bits per heavy atom. The van der Waals surface area contributed by atoms with E-state index in [4.69, 9.17) is 5.73 Å². The summed E-state index contributed by atoms with van der Waals surface area (Å²) < 4.78 is 40.5. The van der Waals surface area contributed by atoms with Crippen molar-refractivity contribution in [3.05, 3.63) is 35.1 Å². The van der Waals surface area contributed by atoms with Gasteiger partial charge < -0.3 is 5.73 Å².